The summed E-state index contributed by atoms with van der Waals surface area (Å²) in [5.74, 6) is 3.12. The minimum absolute atomic E-state index is 0.117. The zero-order chi connectivity index (χ0) is 13.9. The summed E-state index contributed by atoms with van der Waals surface area (Å²) < 4.78 is 0. The number of hydrogen-bond donors (Lipinski definition) is 1. The van der Waals surface area contributed by atoms with Gasteiger partial charge < -0.3 is 5.11 Å². The first kappa shape index (κ1) is 13.1. The summed E-state index contributed by atoms with van der Waals surface area (Å²) >= 11 is 0. The Morgan fingerprint density at radius 1 is 1.20 bits per heavy atom. The molecule has 0 aromatic rings. The zero-order valence-corrected chi connectivity index (χ0v) is 12.5. The van der Waals surface area contributed by atoms with Crippen LogP contribution in [-0.4, -0.2) is 17.0 Å². The van der Waals surface area contributed by atoms with E-state index in [1.807, 2.05) is 6.08 Å². The Hall–Kier alpha value is -0.630. The first-order chi connectivity index (χ1) is 9.59. The summed E-state index contributed by atoms with van der Waals surface area (Å²) in [7, 11) is 0. The number of aliphatic hydroxyl groups is 1. The van der Waals surface area contributed by atoms with Crippen LogP contribution in [-0.2, 0) is 4.79 Å². The molecule has 20 heavy (non-hydrogen) atoms. The Morgan fingerprint density at radius 2 is 2.05 bits per heavy atom. The van der Waals surface area contributed by atoms with Crippen molar-refractivity contribution in [2.45, 2.75) is 64.4 Å². The van der Waals surface area contributed by atoms with Crippen LogP contribution in [0.15, 0.2) is 11.6 Å². The van der Waals surface area contributed by atoms with Crippen LogP contribution in [0.3, 0.4) is 0 Å². The fourth-order valence-corrected chi connectivity index (χ4v) is 6.16. The van der Waals surface area contributed by atoms with E-state index < -0.39 is 0 Å². The topological polar surface area (TPSA) is 37.3 Å². The van der Waals surface area contributed by atoms with Gasteiger partial charge in [-0.1, -0.05) is 18.9 Å². The Labute approximate surface area is 121 Å². The van der Waals surface area contributed by atoms with Crippen molar-refractivity contribution in [3.05, 3.63) is 11.6 Å². The number of aliphatic hydroxyl groups excluding tert-OH is 1. The van der Waals surface area contributed by atoms with E-state index in [-0.39, 0.29) is 11.5 Å². The molecule has 3 fully saturated rings. The van der Waals surface area contributed by atoms with Gasteiger partial charge in [-0.3, -0.25) is 4.79 Å². The minimum atomic E-state index is -0.117. The fraction of sp³-hybridized carbons (Fsp3) is 0.833. The lowest BCUT2D eigenvalue weighted by molar-refractivity contribution is -0.117. The van der Waals surface area contributed by atoms with Crippen LogP contribution < -0.4 is 0 Å². The largest absolute Gasteiger partial charge is 0.393 e. The van der Waals surface area contributed by atoms with Crippen LogP contribution >= 0.6 is 0 Å². The van der Waals surface area contributed by atoms with Gasteiger partial charge in [-0.15, -0.1) is 0 Å². The van der Waals surface area contributed by atoms with Crippen molar-refractivity contribution in [2.75, 3.05) is 0 Å². The quantitative estimate of drug-likeness (QED) is 0.734. The van der Waals surface area contributed by atoms with Crippen molar-refractivity contribution in [1.29, 1.82) is 0 Å². The van der Waals surface area contributed by atoms with Crippen molar-refractivity contribution in [1.82, 2.24) is 0 Å². The molecule has 0 aromatic carbocycles. The van der Waals surface area contributed by atoms with Gasteiger partial charge in [0.1, 0.15) is 0 Å². The van der Waals surface area contributed by atoms with Crippen LogP contribution in [0.2, 0.25) is 0 Å². The molecule has 2 nitrogen and oxygen atoms in total. The normalized spacial score (nSPS) is 51.0. The molecule has 4 rings (SSSR count). The zero-order valence-electron chi connectivity index (χ0n) is 12.5. The molecule has 0 saturated heterocycles. The van der Waals surface area contributed by atoms with Gasteiger partial charge in [-0.2, -0.15) is 0 Å². The molecule has 5 unspecified atom stereocenters. The maximum Gasteiger partial charge on any atom is 0.155 e. The second kappa shape index (κ2) is 4.43. The maximum absolute atomic E-state index is 11.7. The molecular weight excluding hydrogens is 248 g/mol. The Balaban J connectivity index is 1.66. The highest BCUT2D eigenvalue weighted by molar-refractivity contribution is 5.91. The first-order valence-electron chi connectivity index (χ1n) is 8.51. The summed E-state index contributed by atoms with van der Waals surface area (Å²) in [4.78, 5) is 11.7. The highest BCUT2D eigenvalue weighted by Crippen LogP contribution is 2.61. The molecule has 110 valence electrons. The molecule has 6 atom stereocenters. The van der Waals surface area contributed by atoms with Crippen molar-refractivity contribution in [2.24, 2.45) is 29.1 Å². The molecule has 0 amide bonds. The number of carbonyl (C=O) groups is 1. The monoisotopic (exact) mass is 274 g/mol. The van der Waals surface area contributed by atoms with Gasteiger partial charge in [0.05, 0.1) is 6.10 Å². The smallest absolute Gasteiger partial charge is 0.155 e. The van der Waals surface area contributed by atoms with Gasteiger partial charge in [0.2, 0.25) is 0 Å². The van der Waals surface area contributed by atoms with E-state index in [1.54, 1.807) is 0 Å². The van der Waals surface area contributed by atoms with Crippen molar-refractivity contribution in [3.63, 3.8) is 0 Å². The molecule has 0 radical (unpaired) electrons. The summed E-state index contributed by atoms with van der Waals surface area (Å²) in [6.45, 7) is 2.33. The molecule has 4 aliphatic rings. The van der Waals surface area contributed by atoms with Gasteiger partial charge in [0.25, 0.3) is 0 Å². The van der Waals surface area contributed by atoms with Crippen LogP contribution in [0, 0.1) is 29.1 Å². The number of ketones is 1. The first-order valence-corrected chi connectivity index (χ1v) is 8.51. The van der Waals surface area contributed by atoms with Gasteiger partial charge >= 0.3 is 0 Å². The third-order valence-corrected chi connectivity index (χ3v) is 7.21. The second-order valence-corrected chi connectivity index (χ2v) is 7.95. The average molecular weight is 274 g/mol. The molecular formula is C18H26O2. The van der Waals surface area contributed by atoms with Gasteiger partial charge in [0, 0.05) is 6.42 Å². The maximum atomic E-state index is 11.7. The lowest BCUT2D eigenvalue weighted by atomic mass is 9.51. The lowest BCUT2D eigenvalue weighted by Crippen LogP contribution is -2.51. The van der Waals surface area contributed by atoms with Crippen LogP contribution in [0.5, 0.6) is 0 Å². The molecule has 0 heterocycles. The van der Waals surface area contributed by atoms with Crippen LogP contribution in [0.4, 0.5) is 0 Å². The third kappa shape index (κ3) is 1.70. The molecule has 2 heteroatoms. The molecule has 0 aliphatic heterocycles. The Kier molecular flexibility index (Phi) is 2.89. The van der Waals surface area contributed by atoms with Crippen LogP contribution in [0.1, 0.15) is 58.3 Å². The average Bonchev–Trinajstić information content (AvgIpc) is 2.82. The van der Waals surface area contributed by atoms with E-state index in [2.05, 4.69) is 6.92 Å². The van der Waals surface area contributed by atoms with E-state index in [9.17, 15) is 9.90 Å². The third-order valence-electron chi connectivity index (χ3n) is 7.21. The predicted molar refractivity (Wildman–Crippen MR) is 78.1 cm³/mol. The van der Waals surface area contributed by atoms with Crippen molar-refractivity contribution in [3.8, 4) is 0 Å². The molecule has 0 bridgehead atoms. The second-order valence-electron chi connectivity index (χ2n) is 7.95. The van der Waals surface area contributed by atoms with E-state index in [1.165, 1.54) is 31.3 Å². The van der Waals surface area contributed by atoms with Crippen molar-refractivity contribution < 1.29 is 9.90 Å². The molecule has 1 N–H and O–H groups in total. The minimum Gasteiger partial charge on any atom is -0.393 e. The predicted octanol–water partition coefficient (Wildman–Crippen LogP) is 3.49. The van der Waals surface area contributed by atoms with E-state index >= 15 is 0 Å². The summed E-state index contributed by atoms with van der Waals surface area (Å²) in [6, 6.07) is 0. The molecule has 3 saturated carbocycles. The summed E-state index contributed by atoms with van der Waals surface area (Å²) in [6.07, 6.45) is 10.8. The Bertz CT molecular complexity index is 466. The molecule has 4 aliphatic carbocycles. The van der Waals surface area contributed by atoms with Gasteiger partial charge in [0.15, 0.2) is 5.78 Å². The van der Waals surface area contributed by atoms with E-state index in [0.29, 0.717) is 17.6 Å². The fourth-order valence-electron chi connectivity index (χ4n) is 6.16. The highest BCUT2D eigenvalue weighted by Gasteiger charge is 2.56. The van der Waals surface area contributed by atoms with Crippen LogP contribution in [0.25, 0.3) is 0 Å². The van der Waals surface area contributed by atoms with Crippen molar-refractivity contribution >= 4 is 5.78 Å². The molecule has 0 spiro atoms. The lowest BCUT2D eigenvalue weighted by Gasteiger charge is -2.54. The van der Waals surface area contributed by atoms with Gasteiger partial charge in [-0.05, 0) is 73.7 Å². The number of hydrogen-bond acceptors (Lipinski definition) is 2. The number of fused-ring (bicyclic) bond motifs is 5. The van der Waals surface area contributed by atoms with E-state index in [4.69, 9.17) is 0 Å². The van der Waals surface area contributed by atoms with Gasteiger partial charge in [-0.25, -0.2) is 0 Å². The standard InChI is InChI=1S/C18H26O2/c1-18-8-2-3-16(18)14-6-4-11-9-12(19)5-7-13(11)15(14)10-17(18)20/h9,13-17,20H,2-8,10H2,1H3/t13?,14?,15?,16?,17?,18-/m1/s1. The highest BCUT2D eigenvalue weighted by atomic mass is 16.3. The Morgan fingerprint density at radius 3 is 2.90 bits per heavy atom. The SMILES string of the molecule is C[C@@]12CCCC1C1CCC3=CC(=O)CCC3C1CC2O. The number of carbonyl (C=O) groups excluding carboxylic acids is 1. The van der Waals surface area contributed by atoms with E-state index in [0.717, 1.165) is 37.5 Å². The number of allylic oxidation sites excluding steroid dienone is 1. The summed E-state index contributed by atoms with van der Waals surface area (Å²) in [5, 5.41) is 10.7. The summed E-state index contributed by atoms with van der Waals surface area (Å²) in [5.41, 5.74) is 1.60. The molecule has 0 aromatic heterocycles. The number of rotatable bonds is 0.